The summed E-state index contributed by atoms with van der Waals surface area (Å²) in [4.78, 5) is 21.8. The third-order valence-corrected chi connectivity index (χ3v) is 13.5. The molecule has 0 spiro atoms. The van der Waals surface area contributed by atoms with Gasteiger partial charge in [0.15, 0.2) is 0 Å². The van der Waals surface area contributed by atoms with Crippen LogP contribution in [0, 0.1) is 6.57 Å². The maximum Gasteiger partial charge on any atom is 0.333 e. The molecule has 362 valence electrons. The average Bonchev–Trinajstić information content (AvgIpc) is 3.50. The molecular formula is C70H50N4O2. The van der Waals surface area contributed by atoms with Gasteiger partial charge in [0, 0.05) is 51.2 Å². The molecule has 11 aromatic carbocycles. The van der Waals surface area contributed by atoms with Gasteiger partial charge in [0.05, 0.1) is 6.57 Å². The van der Waals surface area contributed by atoms with E-state index in [1.807, 2.05) is 48.5 Å². The SMILES string of the molecule is [C-]#[N+]/C(=C\c1ccc(N(c2ccc(N(c3ccc(-c4ccccc4)cc3)c3ccc(-c4ccccc4)cc3)cc2)c2ccc(N(c3ccc(-c4ccccc4)cc3)c3ccc(-c4ccccc4)cc3)cc2)cc1)C(=O)O. The van der Waals surface area contributed by atoms with Crippen molar-refractivity contribution in [2.45, 2.75) is 0 Å². The second kappa shape index (κ2) is 22.1. The van der Waals surface area contributed by atoms with Gasteiger partial charge < -0.3 is 19.8 Å². The highest BCUT2D eigenvalue weighted by Crippen LogP contribution is 2.43. The van der Waals surface area contributed by atoms with Crippen molar-refractivity contribution < 1.29 is 9.90 Å². The van der Waals surface area contributed by atoms with Gasteiger partial charge in [-0.3, -0.25) is 4.79 Å². The zero-order chi connectivity index (χ0) is 51.6. The second-order valence-corrected chi connectivity index (χ2v) is 18.2. The van der Waals surface area contributed by atoms with E-state index >= 15 is 0 Å². The predicted octanol–water partition coefficient (Wildman–Crippen LogP) is 19.1. The number of anilines is 9. The maximum atomic E-state index is 11.8. The molecule has 0 radical (unpaired) electrons. The molecule has 1 N–H and O–H groups in total. The lowest BCUT2D eigenvalue weighted by atomic mass is 10.0. The number of rotatable bonds is 15. The van der Waals surface area contributed by atoms with Crippen LogP contribution in [0.4, 0.5) is 51.2 Å². The standard InChI is InChI=1S/C70H50N4O2/c1-71-69(70(75)76)50-51-22-32-60(33-23-51)72(65-42-46-67(47-43-65)73(61-34-24-56(25-35-61)52-14-6-2-7-15-52)62-36-26-57(27-37-62)53-16-8-3-9-17-53)66-44-48-68(49-45-66)74(63-38-28-58(29-39-63)54-18-10-4-11-19-54)64-40-30-59(31-41-64)55-20-12-5-13-21-55/h2-50H,(H,75,76)/b69-50-. The molecule has 0 bridgehead atoms. The number of carbonyl (C=O) groups is 1. The van der Waals surface area contributed by atoms with Crippen LogP contribution in [0.2, 0.25) is 0 Å². The molecule has 11 rings (SSSR count). The van der Waals surface area contributed by atoms with E-state index < -0.39 is 5.97 Å². The summed E-state index contributed by atoms with van der Waals surface area (Å²) in [7, 11) is 0. The van der Waals surface area contributed by atoms with Crippen LogP contribution >= 0.6 is 0 Å². The van der Waals surface area contributed by atoms with Gasteiger partial charge in [0.25, 0.3) is 5.70 Å². The Morgan fingerprint density at radius 3 is 0.671 bits per heavy atom. The van der Waals surface area contributed by atoms with Crippen LogP contribution in [0.5, 0.6) is 0 Å². The van der Waals surface area contributed by atoms with Crippen LogP contribution in [-0.2, 0) is 4.79 Å². The lowest BCUT2D eigenvalue weighted by molar-refractivity contribution is -0.132. The Balaban J connectivity index is 0.978. The van der Waals surface area contributed by atoms with Crippen molar-refractivity contribution in [3.63, 3.8) is 0 Å². The number of hydrogen-bond acceptors (Lipinski definition) is 4. The summed E-state index contributed by atoms with van der Waals surface area (Å²) in [5.74, 6) is -1.26. The van der Waals surface area contributed by atoms with Crippen LogP contribution in [0.15, 0.2) is 297 Å². The van der Waals surface area contributed by atoms with Crippen molar-refractivity contribution in [1.82, 2.24) is 0 Å². The fourth-order valence-electron chi connectivity index (χ4n) is 9.60. The van der Waals surface area contributed by atoms with E-state index in [9.17, 15) is 9.90 Å². The molecule has 6 heteroatoms. The van der Waals surface area contributed by atoms with E-state index in [-0.39, 0.29) is 5.70 Å². The number of benzene rings is 11. The summed E-state index contributed by atoms with van der Waals surface area (Å²) in [5.41, 5.74) is 18.2. The quantitative estimate of drug-likeness (QED) is 0.0819. The van der Waals surface area contributed by atoms with Gasteiger partial charge in [-0.15, -0.1) is 0 Å². The molecule has 6 nitrogen and oxygen atoms in total. The Hall–Kier alpha value is -10.5. The zero-order valence-corrected chi connectivity index (χ0v) is 41.4. The molecule has 0 heterocycles. The first kappa shape index (κ1) is 47.8. The van der Waals surface area contributed by atoms with Crippen molar-refractivity contribution in [1.29, 1.82) is 0 Å². The minimum absolute atomic E-state index is 0.348. The molecule has 76 heavy (non-hydrogen) atoms. The third-order valence-electron chi connectivity index (χ3n) is 13.5. The molecule has 0 aromatic heterocycles. The summed E-state index contributed by atoms with van der Waals surface area (Å²) in [5, 5.41) is 9.63. The molecule has 0 atom stereocenters. The van der Waals surface area contributed by atoms with Crippen molar-refractivity contribution in [2.75, 3.05) is 14.7 Å². The Labute approximate surface area is 444 Å². The number of hydrogen-bond donors (Lipinski definition) is 1. The molecule has 0 aliphatic heterocycles. The lowest BCUT2D eigenvalue weighted by Crippen LogP contribution is -2.13. The number of carboxylic acid groups (broad SMARTS) is 1. The van der Waals surface area contributed by atoms with Crippen LogP contribution in [0.25, 0.3) is 55.4 Å². The first-order valence-electron chi connectivity index (χ1n) is 25.1. The minimum atomic E-state index is -1.26. The van der Waals surface area contributed by atoms with E-state index in [0.29, 0.717) is 5.56 Å². The van der Waals surface area contributed by atoms with Crippen LogP contribution < -0.4 is 14.7 Å². The van der Waals surface area contributed by atoms with Crippen molar-refractivity contribution in [2.24, 2.45) is 0 Å². The van der Waals surface area contributed by atoms with Gasteiger partial charge >= 0.3 is 5.97 Å². The highest BCUT2D eigenvalue weighted by molar-refractivity contribution is 5.94. The Morgan fingerprint density at radius 2 is 0.474 bits per heavy atom. The summed E-state index contributed by atoms with van der Waals surface area (Å²) < 4.78 is 0. The molecule has 0 aliphatic carbocycles. The lowest BCUT2D eigenvalue weighted by Gasteiger charge is -2.30. The van der Waals surface area contributed by atoms with Crippen molar-refractivity contribution in [3.05, 3.63) is 314 Å². The van der Waals surface area contributed by atoms with Crippen LogP contribution in [0.3, 0.4) is 0 Å². The highest BCUT2D eigenvalue weighted by atomic mass is 16.4. The molecule has 0 saturated heterocycles. The predicted molar refractivity (Wildman–Crippen MR) is 314 cm³/mol. The Morgan fingerprint density at radius 1 is 0.289 bits per heavy atom. The van der Waals surface area contributed by atoms with Crippen LogP contribution in [0.1, 0.15) is 5.56 Å². The van der Waals surface area contributed by atoms with Crippen molar-refractivity contribution in [3.8, 4) is 44.5 Å². The highest BCUT2D eigenvalue weighted by Gasteiger charge is 2.19. The molecular weight excluding hydrogens is 929 g/mol. The van der Waals surface area contributed by atoms with E-state index in [4.69, 9.17) is 6.57 Å². The van der Waals surface area contributed by atoms with Gasteiger partial charge in [0.1, 0.15) is 0 Å². The average molecular weight is 979 g/mol. The number of nitrogens with zero attached hydrogens (tertiary/aromatic N) is 4. The maximum absolute atomic E-state index is 11.8. The molecule has 0 aliphatic rings. The first-order valence-corrected chi connectivity index (χ1v) is 25.1. The van der Waals surface area contributed by atoms with Gasteiger partial charge in [-0.1, -0.05) is 182 Å². The zero-order valence-electron chi connectivity index (χ0n) is 41.4. The van der Waals surface area contributed by atoms with Gasteiger partial charge in [0.2, 0.25) is 0 Å². The largest absolute Gasteiger partial charge is 0.486 e. The molecule has 0 unspecified atom stereocenters. The molecule has 0 saturated carbocycles. The summed E-state index contributed by atoms with van der Waals surface area (Å²) in [6.07, 6.45) is 1.40. The van der Waals surface area contributed by atoms with Gasteiger partial charge in [-0.25, -0.2) is 4.85 Å². The van der Waals surface area contributed by atoms with E-state index in [1.54, 1.807) is 0 Å². The number of carboxylic acids is 1. The van der Waals surface area contributed by atoms with E-state index in [1.165, 1.54) is 6.08 Å². The minimum Gasteiger partial charge on any atom is -0.486 e. The van der Waals surface area contributed by atoms with Crippen LogP contribution in [-0.4, -0.2) is 11.1 Å². The Bertz CT molecular complexity index is 3390. The fraction of sp³-hybridized carbons (Fsp3) is 0. The molecule has 11 aromatic rings. The molecule has 0 amide bonds. The summed E-state index contributed by atoms with van der Waals surface area (Å²) in [6, 6.07) is 101. The Kier molecular flexibility index (Phi) is 13.9. The van der Waals surface area contributed by atoms with E-state index in [2.05, 4.69) is 262 Å². The molecule has 0 fully saturated rings. The number of aliphatic carboxylic acids is 1. The van der Waals surface area contributed by atoms with E-state index in [0.717, 1.165) is 95.7 Å². The normalized spacial score (nSPS) is 11.1. The third kappa shape index (κ3) is 10.5. The van der Waals surface area contributed by atoms with Crippen molar-refractivity contribution >= 4 is 63.2 Å². The van der Waals surface area contributed by atoms with Gasteiger partial charge in [-0.2, -0.15) is 0 Å². The second-order valence-electron chi connectivity index (χ2n) is 18.2. The smallest absolute Gasteiger partial charge is 0.333 e. The summed E-state index contributed by atoms with van der Waals surface area (Å²) in [6.45, 7) is 7.43. The van der Waals surface area contributed by atoms with Gasteiger partial charge in [-0.05, 0) is 165 Å². The summed E-state index contributed by atoms with van der Waals surface area (Å²) >= 11 is 0. The topological polar surface area (TPSA) is 51.4 Å². The fourth-order valence-corrected chi connectivity index (χ4v) is 9.60. The monoisotopic (exact) mass is 978 g/mol. The first-order chi connectivity index (χ1) is 37.5.